The van der Waals surface area contributed by atoms with Crippen LogP contribution in [0.4, 0.5) is 4.79 Å². The van der Waals surface area contributed by atoms with E-state index in [1.165, 1.54) is 0 Å². The minimum atomic E-state index is -0.400. The Hall–Kier alpha value is -2.49. The van der Waals surface area contributed by atoms with E-state index in [9.17, 15) is 4.79 Å². The highest BCUT2D eigenvalue weighted by molar-refractivity contribution is 5.67. The third-order valence-corrected chi connectivity index (χ3v) is 3.50. The van der Waals surface area contributed by atoms with Gasteiger partial charge in [0.15, 0.2) is 0 Å². The molecule has 0 aliphatic carbocycles. The molecule has 1 heterocycles. The third kappa shape index (κ3) is 3.34. The van der Waals surface area contributed by atoms with E-state index >= 15 is 0 Å². The van der Waals surface area contributed by atoms with Gasteiger partial charge in [-0.1, -0.05) is 48.5 Å². The van der Waals surface area contributed by atoms with Gasteiger partial charge in [-0.15, -0.1) is 0 Å². The van der Waals surface area contributed by atoms with E-state index in [1.54, 1.807) is 0 Å². The first-order chi connectivity index (χ1) is 10.3. The second-order valence-electron chi connectivity index (χ2n) is 4.99. The minimum absolute atomic E-state index is 0.186. The van der Waals surface area contributed by atoms with Crippen LogP contribution in [-0.2, 0) is 11.3 Å². The molecular formula is C17H17NO3. The molecule has 0 bridgehead atoms. The van der Waals surface area contributed by atoms with Crippen molar-refractivity contribution < 1.29 is 14.3 Å². The van der Waals surface area contributed by atoms with E-state index < -0.39 is 6.09 Å². The van der Waals surface area contributed by atoms with Crippen LogP contribution in [0.3, 0.4) is 0 Å². The minimum Gasteiger partial charge on any atom is -0.493 e. The molecule has 0 radical (unpaired) electrons. The SMILES string of the molecule is O=C(NCC1COc2ccccc21)OCc1ccccc1. The zero-order valence-corrected chi connectivity index (χ0v) is 11.6. The molecule has 0 spiro atoms. The number of alkyl carbamates (subject to hydrolysis) is 1. The van der Waals surface area contributed by atoms with Crippen LogP contribution in [-0.4, -0.2) is 19.2 Å². The Balaban J connectivity index is 1.47. The maximum Gasteiger partial charge on any atom is 0.407 e. The van der Waals surface area contributed by atoms with Crippen molar-refractivity contribution >= 4 is 6.09 Å². The molecule has 1 aliphatic rings. The van der Waals surface area contributed by atoms with Gasteiger partial charge in [-0.25, -0.2) is 4.79 Å². The molecule has 1 unspecified atom stereocenters. The van der Waals surface area contributed by atoms with Gasteiger partial charge in [-0.3, -0.25) is 0 Å². The number of nitrogens with one attached hydrogen (secondary N) is 1. The molecule has 0 saturated heterocycles. The van der Waals surface area contributed by atoms with E-state index in [0.29, 0.717) is 13.2 Å². The molecule has 2 aromatic rings. The number of carbonyl (C=O) groups excluding carboxylic acids is 1. The lowest BCUT2D eigenvalue weighted by Gasteiger charge is -2.11. The summed E-state index contributed by atoms with van der Waals surface area (Å²) in [6.07, 6.45) is -0.400. The maximum atomic E-state index is 11.7. The normalized spacial score (nSPS) is 15.9. The Morgan fingerprint density at radius 1 is 1.14 bits per heavy atom. The summed E-state index contributed by atoms with van der Waals surface area (Å²) in [5, 5.41) is 2.79. The third-order valence-electron chi connectivity index (χ3n) is 3.50. The van der Waals surface area contributed by atoms with Crippen LogP contribution in [0.1, 0.15) is 17.0 Å². The van der Waals surface area contributed by atoms with Crippen LogP contribution in [0.25, 0.3) is 0 Å². The number of amides is 1. The number of carbonyl (C=O) groups is 1. The fraction of sp³-hybridized carbons (Fsp3) is 0.235. The molecule has 1 N–H and O–H groups in total. The number of para-hydroxylation sites is 1. The molecule has 3 rings (SSSR count). The summed E-state index contributed by atoms with van der Waals surface area (Å²) < 4.78 is 10.8. The summed E-state index contributed by atoms with van der Waals surface area (Å²) in [4.78, 5) is 11.7. The zero-order valence-electron chi connectivity index (χ0n) is 11.6. The van der Waals surface area contributed by atoms with Crippen molar-refractivity contribution in [2.75, 3.05) is 13.2 Å². The summed E-state index contributed by atoms with van der Waals surface area (Å²) in [7, 11) is 0. The molecule has 1 atom stereocenters. The maximum absolute atomic E-state index is 11.7. The lowest BCUT2D eigenvalue weighted by atomic mass is 10.0. The number of fused-ring (bicyclic) bond motifs is 1. The number of ether oxygens (including phenoxy) is 2. The fourth-order valence-corrected chi connectivity index (χ4v) is 2.38. The largest absolute Gasteiger partial charge is 0.493 e. The van der Waals surface area contributed by atoms with E-state index in [4.69, 9.17) is 9.47 Å². The summed E-state index contributed by atoms with van der Waals surface area (Å²) in [6.45, 7) is 1.40. The highest BCUT2D eigenvalue weighted by Gasteiger charge is 2.23. The van der Waals surface area contributed by atoms with Crippen LogP contribution >= 0.6 is 0 Å². The summed E-state index contributed by atoms with van der Waals surface area (Å²) in [5.41, 5.74) is 2.11. The smallest absolute Gasteiger partial charge is 0.407 e. The highest BCUT2D eigenvalue weighted by atomic mass is 16.5. The van der Waals surface area contributed by atoms with Crippen molar-refractivity contribution in [1.82, 2.24) is 5.32 Å². The van der Waals surface area contributed by atoms with Crippen molar-refractivity contribution in [1.29, 1.82) is 0 Å². The lowest BCUT2D eigenvalue weighted by molar-refractivity contribution is 0.138. The molecule has 108 valence electrons. The Morgan fingerprint density at radius 3 is 2.76 bits per heavy atom. The van der Waals surface area contributed by atoms with Crippen LogP contribution in [0.15, 0.2) is 54.6 Å². The van der Waals surface area contributed by atoms with E-state index in [0.717, 1.165) is 16.9 Å². The van der Waals surface area contributed by atoms with Gasteiger partial charge < -0.3 is 14.8 Å². The highest BCUT2D eigenvalue weighted by Crippen LogP contribution is 2.32. The number of rotatable bonds is 4. The Morgan fingerprint density at radius 2 is 1.90 bits per heavy atom. The first-order valence-corrected chi connectivity index (χ1v) is 6.99. The molecule has 0 aromatic heterocycles. The van der Waals surface area contributed by atoms with E-state index in [-0.39, 0.29) is 12.5 Å². The standard InChI is InChI=1S/C17H17NO3/c19-17(21-11-13-6-2-1-3-7-13)18-10-14-12-20-16-9-5-4-8-15(14)16/h1-9,14H,10-12H2,(H,18,19). The van der Waals surface area contributed by atoms with E-state index in [2.05, 4.69) is 5.32 Å². The Labute approximate surface area is 123 Å². The summed E-state index contributed by atoms with van der Waals surface area (Å²) in [6, 6.07) is 17.5. The Kier molecular flexibility index (Phi) is 4.05. The molecule has 0 saturated carbocycles. The predicted octanol–water partition coefficient (Wildman–Crippen LogP) is 3.09. The zero-order chi connectivity index (χ0) is 14.5. The quantitative estimate of drug-likeness (QED) is 0.938. The first-order valence-electron chi connectivity index (χ1n) is 6.99. The van der Waals surface area contributed by atoms with Crippen molar-refractivity contribution in [3.05, 3.63) is 65.7 Å². The summed E-state index contributed by atoms with van der Waals surface area (Å²) >= 11 is 0. The first kappa shape index (κ1) is 13.5. The van der Waals surface area contributed by atoms with Crippen molar-refractivity contribution in [2.45, 2.75) is 12.5 Å². The average Bonchev–Trinajstić information content (AvgIpc) is 2.95. The van der Waals surface area contributed by atoms with Crippen molar-refractivity contribution in [3.63, 3.8) is 0 Å². The molecular weight excluding hydrogens is 266 g/mol. The fourth-order valence-electron chi connectivity index (χ4n) is 2.38. The molecule has 21 heavy (non-hydrogen) atoms. The van der Waals surface area contributed by atoms with Gasteiger partial charge in [0.2, 0.25) is 0 Å². The number of hydrogen-bond donors (Lipinski definition) is 1. The van der Waals surface area contributed by atoms with Gasteiger partial charge in [0, 0.05) is 18.0 Å². The predicted molar refractivity (Wildman–Crippen MR) is 79.3 cm³/mol. The van der Waals surface area contributed by atoms with Crippen molar-refractivity contribution in [3.8, 4) is 5.75 Å². The summed E-state index contributed by atoms with van der Waals surface area (Å²) in [5.74, 6) is 1.09. The van der Waals surface area contributed by atoms with Crippen LogP contribution in [0.2, 0.25) is 0 Å². The topological polar surface area (TPSA) is 47.6 Å². The van der Waals surface area contributed by atoms with Crippen molar-refractivity contribution in [2.24, 2.45) is 0 Å². The molecule has 1 amide bonds. The monoisotopic (exact) mass is 283 g/mol. The molecule has 4 heteroatoms. The van der Waals surface area contributed by atoms with E-state index in [1.807, 2.05) is 54.6 Å². The van der Waals surface area contributed by atoms with Gasteiger partial charge in [0.25, 0.3) is 0 Å². The number of benzene rings is 2. The van der Waals surface area contributed by atoms with Gasteiger partial charge >= 0.3 is 6.09 Å². The van der Waals surface area contributed by atoms with Crippen LogP contribution < -0.4 is 10.1 Å². The van der Waals surface area contributed by atoms with Gasteiger partial charge in [-0.2, -0.15) is 0 Å². The number of hydrogen-bond acceptors (Lipinski definition) is 3. The van der Waals surface area contributed by atoms with Gasteiger partial charge in [-0.05, 0) is 11.6 Å². The van der Waals surface area contributed by atoms with Gasteiger partial charge in [0.1, 0.15) is 12.4 Å². The molecule has 1 aliphatic heterocycles. The average molecular weight is 283 g/mol. The Bertz CT molecular complexity index is 612. The second-order valence-corrected chi connectivity index (χ2v) is 4.99. The second kappa shape index (κ2) is 6.31. The van der Waals surface area contributed by atoms with Crippen LogP contribution in [0.5, 0.6) is 5.75 Å². The molecule has 4 nitrogen and oxygen atoms in total. The lowest BCUT2D eigenvalue weighted by Crippen LogP contribution is -2.29. The molecule has 2 aromatic carbocycles. The van der Waals surface area contributed by atoms with Gasteiger partial charge in [0.05, 0.1) is 6.61 Å². The molecule has 0 fully saturated rings. The van der Waals surface area contributed by atoms with Crippen LogP contribution in [0, 0.1) is 0 Å².